The Morgan fingerprint density at radius 1 is 1.32 bits per heavy atom. The van der Waals surface area contributed by atoms with Gasteiger partial charge in [0.2, 0.25) is 0 Å². The van der Waals surface area contributed by atoms with Gasteiger partial charge in [-0.15, -0.1) is 0 Å². The minimum Gasteiger partial charge on any atom is -0.405 e. The fourth-order valence-corrected chi connectivity index (χ4v) is 3.79. The van der Waals surface area contributed by atoms with Gasteiger partial charge in [0.25, 0.3) is 0 Å². The first kappa shape index (κ1) is 16.3. The molecule has 0 fully saturated rings. The topological polar surface area (TPSA) is 154 Å². The van der Waals surface area contributed by atoms with Crippen LogP contribution in [-0.2, 0) is 0 Å². The van der Waals surface area contributed by atoms with E-state index >= 15 is 0 Å². The first-order chi connectivity index (χ1) is 12.0. The average Bonchev–Trinajstić information content (AvgIpc) is 3.10. The van der Waals surface area contributed by atoms with Crippen LogP contribution in [0, 0.1) is 55.4 Å². The van der Waals surface area contributed by atoms with Gasteiger partial charge in [-0.1, -0.05) is 6.08 Å². The zero-order valence-corrected chi connectivity index (χ0v) is 13.1. The molecule has 0 aromatic carbocycles. The SMILES string of the molecule is N#CC1=C(N)C(C#N)(C#N)C(c2ccc([N+](=O)[O-])o2)C2CCCC=C12. The summed E-state index contributed by atoms with van der Waals surface area (Å²) in [7, 11) is 0. The highest BCUT2D eigenvalue weighted by Gasteiger charge is 2.55. The highest BCUT2D eigenvalue weighted by Crippen LogP contribution is 2.56. The van der Waals surface area contributed by atoms with Gasteiger partial charge in [-0.3, -0.25) is 10.1 Å². The van der Waals surface area contributed by atoms with Gasteiger partial charge in [0, 0.05) is 0 Å². The van der Waals surface area contributed by atoms with Crippen LogP contribution in [0.2, 0.25) is 0 Å². The number of furan rings is 1. The average molecular weight is 335 g/mol. The van der Waals surface area contributed by atoms with E-state index in [0.717, 1.165) is 12.8 Å². The van der Waals surface area contributed by atoms with Gasteiger partial charge < -0.3 is 10.2 Å². The molecule has 0 saturated heterocycles. The van der Waals surface area contributed by atoms with Crippen LogP contribution in [0.25, 0.3) is 0 Å². The Morgan fingerprint density at radius 2 is 2.04 bits per heavy atom. The summed E-state index contributed by atoms with van der Waals surface area (Å²) in [4.78, 5) is 10.3. The smallest absolute Gasteiger partial charge is 0.405 e. The molecule has 2 aliphatic carbocycles. The Balaban J connectivity index is 2.29. The molecule has 124 valence electrons. The minimum atomic E-state index is -1.81. The van der Waals surface area contributed by atoms with Crippen molar-refractivity contribution in [3.05, 3.63) is 50.9 Å². The second-order valence-electron chi connectivity index (χ2n) is 6.04. The second kappa shape index (κ2) is 5.81. The van der Waals surface area contributed by atoms with Crippen LogP contribution in [0.3, 0.4) is 0 Å². The van der Waals surface area contributed by atoms with Crippen molar-refractivity contribution in [1.82, 2.24) is 0 Å². The van der Waals surface area contributed by atoms with Gasteiger partial charge in [-0.25, -0.2) is 0 Å². The van der Waals surface area contributed by atoms with Crippen LogP contribution < -0.4 is 5.73 Å². The lowest BCUT2D eigenvalue weighted by molar-refractivity contribution is -0.402. The molecule has 0 amide bonds. The highest BCUT2D eigenvalue weighted by molar-refractivity contribution is 5.58. The molecule has 25 heavy (non-hydrogen) atoms. The third-order valence-electron chi connectivity index (χ3n) is 4.90. The van der Waals surface area contributed by atoms with Crippen molar-refractivity contribution in [3.63, 3.8) is 0 Å². The fourth-order valence-electron chi connectivity index (χ4n) is 3.79. The predicted octanol–water partition coefficient (Wildman–Crippen LogP) is 2.78. The van der Waals surface area contributed by atoms with Gasteiger partial charge in [-0.05, 0) is 36.8 Å². The lowest BCUT2D eigenvalue weighted by Crippen LogP contribution is -2.42. The van der Waals surface area contributed by atoms with Crippen molar-refractivity contribution in [2.24, 2.45) is 17.1 Å². The lowest BCUT2D eigenvalue weighted by Gasteiger charge is -2.41. The maximum absolute atomic E-state index is 10.9. The fraction of sp³-hybridized carbons (Fsp3) is 0.353. The number of nitrogens with two attached hydrogens (primary N) is 1. The van der Waals surface area contributed by atoms with Crippen LogP contribution in [0.15, 0.2) is 39.5 Å². The standard InChI is InChI=1S/C17H13N5O3/c18-7-12-10-3-1-2-4-11(10)15(17(8-19,9-20)16(12)21)13-5-6-14(25-13)22(23)24/h3,5-6,11,15H,1-2,4,21H2. The number of nitro groups is 1. The maximum Gasteiger partial charge on any atom is 0.433 e. The van der Waals surface area contributed by atoms with E-state index in [0.29, 0.717) is 12.0 Å². The van der Waals surface area contributed by atoms with Crippen molar-refractivity contribution in [3.8, 4) is 18.2 Å². The van der Waals surface area contributed by atoms with Gasteiger partial charge in [-0.2, -0.15) is 15.8 Å². The van der Waals surface area contributed by atoms with Crippen molar-refractivity contribution < 1.29 is 9.34 Å². The number of allylic oxidation sites excluding steroid dienone is 4. The van der Waals surface area contributed by atoms with Crippen LogP contribution >= 0.6 is 0 Å². The van der Waals surface area contributed by atoms with Crippen molar-refractivity contribution in [2.75, 3.05) is 0 Å². The number of hydrogen-bond donors (Lipinski definition) is 1. The Kier molecular flexibility index (Phi) is 3.79. The van der Waals surface area contributed by atoms with E-state index in [1.165, 1.54) is 12.1 Å². The number of hydrogen-bond acceptors (Lipinski definition) is 7. The largest absolute Gasteiger partial charge is 0.433 e. The molecule has 1 aromatic heterocycles. The summed E-state index contributed by atoms with van der Waals surface area (Å²) >= 11 is 0. The molecule has 2 N–H and O–H groups in total. The zero-order chi connectivity index (χ0) is 18.2. The molecule has 8 nitrogen and oxygen atoms in total. The summed E-state index contributed by atoms with van der Waals surface area (Å²) < 4.78 is 5.32. The summed E-state index contributed by atoms with van der Waals surface area (Å²) in [5.41, 5.74) is 5.01. The van der Waals surface area contributed by atoms with Gasteiger partial charge in [0.15, 0.2) is 5.41 Å². The normalized spacial score (nSPS) is 24.3. The van der Waals surface area contributed by atoms with Crippen molar-refractivity contribution in [2.45, 2.75) is 25.2 Å². The third kappa shape index (κ3) is 2.18. The Morgan fingerprint density at radius 3 is 2.60 bits per heavy atom. The number of fused-ring (bicyclic) bond motifs is 1. The summed E-state index contributed by atoms with van der Waals surface area (Å²) in [6, 6.07) is 8.52. The molecule has 0 bridgehead atoms. The zero-order valence-electron chi connectivity index (χ0n) is 13.1. The maximum atomic E-state index is 10.9. The number of nitrogens with zero attached hydrogens (tertiary/aromatic N) is 4. The van der Waals surface area contributed by atoms with E-state index in [1.54, 1.807) is 0 Å². The molecule has 1 heterocycles. The molecule has 2 unspecified atom stereocenters. The molecule has 1 aromatic rings. The summed E-state index contributed by atoms with van der Waals surface area (Å²) in [5.74, 6) is -1.44. The molecule has 2 atom stereocenters. The van der Waals surface area contributed by atoms with Crippen molar-refractivity contribution >= 4 is 5.88 Å². The number of rotatable bonds is 2. The second-order valence-corrected chi connectivity index (χ2v) is 6.04. The molecule has 0 aliphatic heterocycles. The molecule has 0 radical (unpaired) electrons. The monoisotopic (exact) mass is 335 g/mol. The molecule has 8 heteroatoms. The Labute approximate surface area is 143 Å². The minimum absolute atomic E-state index is 0.117. The summed E-state index contributed by atoms with van der Waals surface area (Å²) in [6.45, 7) is 0. The van der Waals surface area contributed by atoms with Crippen LogP contribution in [0.1, 0.15) is 30.9 Å². The van der Waals surface area contributed by atoms with Crippen molar-refractivity contribution in [1.29, 1.82) is 15.8 Å². The molecular weight excluding hydrogens is 322 g/mol. The summed E-state index contributed by atoms with van der Waals surface area (Å²) in [6.07, 6.45) is 4.11. The first-order valence-corrected chi connectivity index (χ1v) is 7.67. The van der Waals surface area contributed by atoms with E-state index in [1.807, 2.05) is 24.3 Å². The summed E-state index contributed by atoms with van der Waals surface area (Å²) in [5, 5.41) is 40.0. The van der Waals surface area contributed by atoms with Crippen LogP contribution in [0.4, 0.5) is 5.88 Å². The molecular formula is C17H13N5O3. The Hall–Kier alpha value is -3.57. The Bertz CT molecular complexity index is 921. The first-order valence-electron chi connectivity index (χ1n) is 7.67. The van der Waals surface area contributed by atoms with E-state index in [2.05, 4.69) is 0 Å². The van der Waals surface area contributed by atoms with Crippen LogP contribution in [-0.4, -0.2) is 4.92 Å². The van der Waals surface area contributed by atoms with E-state index < -0.39 is 22.1 Å². The molecule has 3 rings (SSSR count). The third-order valence-corrected chi connectivity index (χ3v) is 4.90. The van der Waals surface area contributed by atoms with Gasteiger partial charge >= 0.3 is 5.88 Å². The van der Waals surface area contributed by atoms with E-state index in [9.17, 15) is 25.9 Å². The lowest BCUT2D eigenvalue weighted by atomic mass is 9.58. The van der Waals surface area contributed by atoms with E-state index in [-0.39, 0.29) is 22.9 Å². The molecule has 0 spiro atoms. The van der Waals surface area contributed by atoms with E-state index in [4.69, 9.17) is 10.2 Å². The molecule has 0 saturated carbocycles. The van der Waals surface area contributed by atoms with Gasteiger partial charge in [0.1, 0.15) is 16.8 Å². The molecule has 2 aliphatic rings. The number of nitriles is 3. The quantitative estimate of drug-likeness (QED) is 0.643. The highest BCUT2D eigenvalue weighted by atomic mass is 16.6. The van der Waals surface area contributed by atoms with Crippen LogP contribution in [0.5, 0.6) is 0 Å². The van der Waals surface area contributed by atoms with Gasteiger partial charge in [0.05, 0.1) is 35.4 Å². The predicted molar refractivity (Wildman–Crippen MR) is 84.0 cm³/mol.